The Labute approximate surface area is 192 Å². The third kappa shape index (κ3) is 4.41. The van der Waals surface area contributed by atoms with Crippen LogP contribution in [0.25, 0.3) is 0 Å². The van der Waals surface area contributed by atoms with Gasteiger partial charge < -0.3 is 24.8 Å². The molecule has 33 heavy (non-hydrogen) atoms. The molecule has 2 aliphatic heterocycles. The summed E-state index contributed by atoms with van der Waals surface area (Å²) in [6.45, 7) is 1.44. The molecular weight excluding hydrogens is 420 g/mol. The highest BCUT2D eigenvalue weighted by Gasteiger charge is 2.29. The van der Waals surface area contributed by atoms with Gasteiger partial charge in [-0.3, -0.25) is 4.79 Å². The number of amides is 1. The number of ether oxygens (including phenoxy) is 3. The maximum atomic E-state index is 13.1. The molecule has 3 heterocycles. The molecule has 0 saturated carbocycles. The Kier molecular flexibility index (Phi) is 5.73. The number of nitrogens with zero attached hydrogens (tertiary/aromatic N) is 3. The van der Waals surface area contributed by atoms with Gasteiger partial charge in [0.05, 0.1) is 18.4 Å². The van der Waals surface area contributed by atoms with Gasteiger partial charge in [-0.2, -0.15) is 0 Å². The van der Waals surface area contributed by atoms with Crippen LogP contribution in [-0.4, -0.2) is 47.8 Å². The molecule has 1 saturated heterocycles. The Bertz CT molecular complexity index is 1160. The summed E-state index contributed by atoms with van der Waals surface area (Å²) in [4.78, 5) is 23.9. The van der Waals surface area contributed by atoms with Crippen LogP contribution < -0.4 is 19.9 Å². The van der Waals surface area contributed by atoms with Crippen molar-refractivity contribution in [2.75, 3.05) is 32.7 Å². The van der Waals surface area contributed by atoms with Crippen LogP contribution in [0.2, 0.25) is 0 Å². The predicted molar refractivity (Wildman–Crippen MR) is 123 cm³/mol. The lowest BCUT2D eigenvalue weighted by Gasteiger charge is -2.32. The first-order chi connectivity index (χ1) is 16.1. The van der Waals surface area contributed by atoms with Gasteiger partial charge in [-0.05, 0) is 48.7 Å². The van der Waals surface area contributed by atoms with Crippen LogP contribution in [0.1, 0.15) is 46.1 Å². The molecule has 1 aromatic heterocycles. The van der Waals surface area contributed by atoms with Crippen molar-refractivity contribution >= 4 is 11.9 Å². The summed E-state index contributed by atoms with van der Waals surface area (Å²) < 4.78 is 16.1. The van der Waals surface area contributed by atoms with Gasteiger partial charge in [0.15, 0.2) is 11.5 Å². The van der Waals surface area contributed by atoms with E-state index in [0.29, 0.717) is 36.6 Å². The van der Waals surface area contributed by atoms with Gasteiger partial charge in [0, 0.05) is 31.1 Å². The average molecular weight is 447 g/mol. The normalized spacial score (nSPS) is 15.5. The quantitative estimate of drug-likeness (QED) is 0.641. The van der Waals surface area contributed by atoms with E-state index in [9.17, 15) is 4.79 Å². The summed E-state index contributed by atoms with van der Waals surface area (Å²) in [7, 11) is 1.65. The number of carbonyl (C=O) groups excluding carboxylic acids is 1. The second-order valence-electron chi connectivity index (χ2n) is 8.27. The lowest BCUT2D eigenvalue weighted by molar-refractivity contribution is 0.0707. The smallest absolute Gasteiger partial charge is 0.257 e. The van der Waals surface area contributed by atoms with Crippen molar-refractivity contribution in [1.29, 1.82) is 0 Å². The third-order valence-electron chi connectivity index (χ3n) is 6.19. The summed E-state index contributed by atoms with van der Waals surface area (Å²) in [5.41, 5.74) is 9.54. The van der Waals surface area contributed by atoms with Gasteiger partial charge in [-0.25, -0.2) is 9.97 Å². The summed E-state index contributed by atoms with van der Waals surface area (Å²) in [5.74, 6) is 2.47. The number of anilines is 1. The minimum absolute atomic E-state index is 0.0294. The summed E-state index contributed by atoms with van der Waals surface area (Å²) in [6.07, 6.45) is 2.30. The molecule has 0 unspecified atom stereocenters. The van der Waals surface area contributed by atoms with Gasteiger partial charge in [0.1, 0.15) is 5.75 Å². The van der Waals surface area contributed by atoms with Crippen molar-refractivity contribution in [3.05, 3.63) is 71.0 Å². The minimum Gasteiger partial charge on any atom is -0.497 e. The van der Waals surface area contributed by atoms with Crippen molar-refractivity contribution in [2.24, 2.45) is 0 Å². The molecule has 5 rings (SSSR count). The summed E-state index contributed by atoms with van der Waals surface area (Å²) in [6, 6.07) is 15.4. The Balaban J connectivity index is 1.26. The Morgan fingerprint density at radius 1 is 1.12 bits per heavy atom. The van der Waals surface area contributed by atoms with Crippen LogP contribution in [-0.2, 0) is 6.42 Å². The zero-order valence-corrected chi connectivity index (χ0v) is 18.5. The number of para-hydroxylation sites is 1. The van der Waals surface area contributed by atoms with Crippen molar-refractivity contribution in [3.63, 3.8) is 0 Å². The first kappa shape index (κ1) is 21.1. The number of piperidine rings is 1. The van der Waals surface area contributed by atoms with E-state index in [2.05, 4.69) is 9.97 Å². The SMILES string of the molecule is COc1ccc(Cc2cc(C3CCN(C(=O)c4cccc5c4OCO5)CC3)nc(N)n2)cc1. The molecule has 3 aromatic rings. The molecule has 2 aliphatic rings. The standard InChI is InChI=1S/C25H26N4O4/c1-31-19-7-5-16(6-8-19)13-18-14-21(28-25(26)27-18)17-9-11-29(12-10-17)24(30)20-3-2-4-22-23(20)33-15-32-22/h2-8,14,17H,9-13,15H2,1H3,(H2,26,27,28). The zero-order valence-electron chi connectivity index (χ0n) is 18.5. The number of methoxy groups -OCH3 is 1. The Morgan fingerprint density at radius 2 is 1.91 bits per heavy atom. The van der Waals surface area contributed by atoms with E-state index in [1.807, 2.05) is 47.4 Å². The monoisotopic (exact) mass is 446 g/mol. The molecule has 0 bridgehead atoms. The molecule has 1 amide bonds. The predicted octanol–water partition coefficient (Wildman–Crippen LogP) is 3.41. The van der Waals surface area contributed by atoms with Crippen molar-refractivity contribution in [1.82, 2.24) is 14.9 Å². The lowest BCUT2D eigenvalue weighted by atomic mass is 9.92. The van der Waals surface area contributed by atoms with Crippen molar-refractivity contribution in [3.8, 4) is 17.2 Å². The molecule has 1 fully saturated rings. The van der Waals surface area contributed by atoms with E-state index in [1.165, 1.54) is 0 Å². The fraction of sp³-hybridized carbons (Fsp3) is 0.320. The summed E-state index contributed by atoms with van der Waals surface area (Å²) in [5, 5.41) is 0. The molecule has 8 heteroatoms. The van der Waals surface area contributed by atoms with Gasteiger partial charge in [-0.1, -0.05) is 18.2 Å². The highest BCUT2D eigenvalue weighted by molar-refractivity contribution is 5.98. The lowest BCUT2D eigenvalue weighted by Crippen LogP contribution is -2.38. The third-order valence-corrected chi connectivity index (χ3v) is 6.19. The number of nitrogen functional groups attached to an aromatic ring is 1. The van der Waals surface area contributed by atoms with Crippen LogP contribution in [0, 0.1) is 0 Å². The number of likely N-dealkylation sites (tertiary alicyclic amines) is 1. The number of fused-ring (bicyclic) bond motifs is 1. The molecule has 8 nitrogen and oxygen atoms in total. The van der Waals surface area contributed by atoms with Gasteiger partial charge in [-0.15, -0.1) is 0 Å². The maximum Gasteiger partial charge on any atom is 0.257 e. The summed E-state index contributed by atoms with van der Waals surface area (Å²) >= 11 is 0. The number of aromatic nitrogens is 2. The fourth-order valence-electron chi connectivity index (χ4n) is 4.44. The molecule has 0 spiro atoms. The van der Waals surface area contributed by atoms with E-state index in [1.54, 1.807) is 13.2 Å². The van der Waals surface area contributed by atoms with Crippen LogP contribution >= 0.6 is 0 Å². The van der Waals surface area contributed by atoms with E-state index >= 15 is 0 Å². The van der Waals surface area contributed by atoms with E-state index in [0.717, 1.165) is 35.5 Å². The molecule has 2 aromatic carbocycles. The van der Waals surface area contributed by atoms with Crippen molar-refractivity contribution < 1.29 is 19.0 Å². The number of rotatable bonds is 5. The molecule has 0 aliphatic carbocycles. The molecular formula is C25H26N4O4. The van der Waals surface area contributed by atoms with Gasteiger partial charge in [0.25, 0.3) is 5.91 Å². The number of hydrogen-bond acceptors (Lipinski definition) is 7. The van der Waals surface area contributed by atoms with Crippen LogP contribution in [0.3, 0.4) is 0 Å². The topological polar surface area (TPSA) is 99.8 Å². The van der Waals surface area contributed by atoms with Crippen molar-refractivity contribution in [2.45, 2.75) is 25.2 Å². The number of carbonyl (C=O) groups is 1. The van der Waals surface area contributed by atoms with Crippen LogP contribution in [0.5, 0.6) is 17.2 Å². The second-order valence-corrected chi connectivity index (χ2v) is 8.27. The van der Waals surface area contributed by atoms with Gasteiger partial charge >= 0.3 is 0 Å². The first-order valence-electron chi connectivity index (χ1n) is 11.0. The first-order valence-corrected chi connectivity index (χ1v) is 11.0. The van der Waals surface area contributed by atoms with E-state index in [4.69, 9.17) is 19.9 Å². The second kappa shape index (κ2) is 8.97. The zero-order chi connectivity index (χ0) is 22.8. The van der Waals surface area contributed by atoms with Crippen LogP contribution in [0.15, 0.2) is 48.5 Å². The van der Waals surface area contributed by atoms with Gasteiger partial charge in [0.2, 0.25) is 12.7 Å². The molecule has 0 atom stereocenters. The molecule has 2 N–H and O–H groups in total. The highest BCUT2D eigenvalue weighted by Crippen LogP contribution is 2.37. The molecule has 0 radical (unpaired) electrons. The minimum atomic E-state index is -0.0294. The van der Waals surface area contributed by atoms with E-state index < -0.39 is 0 Å². The fourth-order valence-corrected chi connectivity index (χ4v) is 4.44. The largest absolute Gasteiger partial charge is 0.497 e. The number of nitrogens with two attached hydrogens (primary N) is 1. The Morgan fingerprint density at radius 3 is 2.67 bits per heavy atom. The number of benzene rings is 2. The Hall–Kier alpha value is -3.81. The van der Waals surface area contributed by atoms with Crippen LogP contribution in [0.4, 0.5) is 5.95 Å². The molecule has 170 valence electrons. The highest BCUT2D eigenvalue weighted by atomic mass is 16.7. The number of hydrogen-bond donors (Lipinski definition) is 1. The average Bonchev–Trinajstić information content (AvgIpc) is 3.33. The van der Waals surface area contributed by atoms with E-state index in [-0.39, 0.29) is 24.6 Å². The maximum absolute atomic E-state index is 13.1.